The minimum absolute atomic E-state index is 0.0309. The predicted molar refractivity (Wildman–Crippen MR) is 217 cm³/mol. The zero-order valence-corrected chi connectivity index (χ0v) is 35.0. The molecule has 9 atom stereocenters. The predicted octanol–water partition coefficient (Wildman–Crippen LogP) is -0.746. The molecule has 1 aromatic carbocycles. The first-order chi connectivity index (χ1) is 28.7. The normalized spacial score (nSPS) is 23.4. The zero-order valence-electron chi connectivity index (χ0n) is 33.4. The molecule has 1 aromatic rings. The van der Waals surface area contributed by atoms with Gasteiger partial charge in [0.15, 0.2) is 11.5 Å². The second-order valence-corrected chi connectivity index (χ2v) is 17.9. The summed E-state index contributed by atoms with van der Waals surface area (Å²) in [5.41, 5.74) is 11.9. The maximum Gasteiger partial charge on any atom is 0.322 e. The number of nitrogens with two attached hydrogens (primary N) is 2. The molecule has 2 saturated carbocycles. The van der Waals surface area contributed by atoms with E-state index in [-0.39, 0.29) is 70.1 Å². The average Bonchev–Trinajstić information content (AvgIpc) is 3.51. The summed E-state index contributed by atoms with van der Waals surface area (Å²) in [7, 11) is 0. The van der Waals surface area contributed by atoms with E-state index in [4.69, 9.17) is 26.8 Å². The lowest BCUT2D eigenvalue weighted by molar-refractivity contribution is -0.140. The average molecular weight is 899 g/mol. The van der Waals surface area contributed by atoms with E-state index >= 15 is 0 Å². The molecule has 0 heterocycles. The highest BCUT2D eigenvalue weighted by molar-refractivity contribution is 8.00. The molecule has 21 nitrogen and oxygen atoms in total. The van der Waals surface area contributed by atoms with Crippen LogP contribution in [0.1, 0.15) is 81.8 Å². The number of hydrogen-bond donors (Lipinski definition) is 13. The summed E-state index contributed by atoms with van der Waals surface area (Å²) in [5, 5.41) is 80.4. The Morgan fingerprint density at radius 1 is 0.721 bits per heavy atom. The van der Waals surface area contributed by atoms with Gasteiger partial charge >= 0.3 is 23.9 Å². The van der Waals surface area contributed by atoms with E-state index in [1.807, 2.05) is 0 Å². The van der Waals surface area contributed by atoms with E-state index in [9.17, 15) is 58.8 Å². The Morgan fingerprint density at radius 2 is 1.20 bits per heavy atom. The summed E-state index contributed by atoms with van der Waals surface area (Å²) in [6, 6.07) is -5.51. The van der Waals surface area contributed by atoms with Gasteiger partial charge < -0.3 is 68.5 Å². The molecule has 15 N–H and O–H groups in total. The highest BCUT2D eigenvalue weighted by Crippen LogP contribution is 2.64. The second-order valence-electron chi connectivity index (χ2n) is 15.9. The molecule has 338 valence electrons. The Balaban J connectivity index is 1.72. The quantitative estimate of drug-likeness (QED) is 0.0503. The van der Waals surface area contributed by atoms with Gasteiger partial charge in [0.05, 0.1) is 15.9 Å². The minimum atomic E-state index is -1.40. The third-order valence-electron chi connectivity index (χ3n) is 11.9. The van der Waals surface area contributed by atoms with Crippen LogP contribution in [0.25, 0.3) is 0 Å². The number of rotatable bonds is 22. The van der Waals surface area contributed by atoms with Gasteiger partial charge in [-0.1, -0.05) is 6.92 Å². The van der Waals surface area contributed by atoms with E-state index < -0.39 is 102 Å². The van der Waals surface area contributed by atoms with Crippen molar-refractivity contribution >= 4 is 71.0 Å². The van der Waals surface area contributed by atoms with E-state index in [0.29, 0.717) is 43.2 Å². The lowest BCUT2D eigenvalue weighted by Gasteiger charge is -2.50. The number of aliphatic carboxylic acids is 4. The van der Waals surface area contributed by atoms with Gasteiger partial charge in [-0.25, -0.2) is 0 Å². The Morgan fingerprint density at radius 3 is 1.67 bits per heavy atom. The summed E-state index contributed by atoms with van der Waals surface area (Å²) in [5.74, 6) is -10.5. The first kappa shape index (κ1) is 48.8. The van der Waals surface area contributed by atoms with E-state index in [1.54, 1.807) is 0 Å². The van der Waals surface area contributed by atoms with Crippen LogP contribution < -0.4 is 32.7 Å². The summed E-state index contributed by atoms with van der Waals surface area (Å²) in [4.78, 5) is 97.4. The smallest absolute Gasteiger partial charge is 0.322 e. The molecule has 2 fully saturated rings. The van der Waals surface area contributed by atoms with Crippen LogP contribution in [-0.2, 0) is 44.8 Å². The number of thioether (sulfide) groups is 2. The van der Waals surface area contributed by atoms with Crippen molar-refractivity contribution in [1.29, 1.82) is 0 Å². The summed E-state index contributed by atoms with van der Waals surface area (Å²) in [6.45, 7) is 0.503. The number of fused-ring (bicyclic) bond motifs is 5. The Hall–Kier alpha value is -4.84. The highest BCUT2D eigenvalue weighted by atomic mass is 32.2. The molecule has 0 spiro atoms. The van der Waals surface area contributed by atoms with Gasteiger partial charge in [0.25, 0.3) is 0 Å². The number of carbonyl (C=O) groups excluding carboxylic acids is 4. The molecule has 3 aliphatic rings. The third-order valence-corrected chi connectivity index (χ3v) is 14.3. The number of phenolic OH excluding ortho intramolecular Hbond substituents is 2. The van der Waals surface area contributed by atoms with Crippen LogP contribution in [0.5, 0.6) is 11.5 Å². The van der Waals surface area contributed by atoms with Crippen LogP contribution in [-0.4, -0.2) is 138 Å². The van der Waals surface area contributed by atoms with Gasteiger partial charge in [-0.3, -0.25) is 38.4 Å². The minimum Gasteiger partial charge on any atom is -0.503 e. The number of aliphatic hydroxyl groups excluding tert-OH is 1. The Labute approximate surface area is 358 Å². The number of amides is 4. The first-order valence-electron chi connectivity index (χ1n) is 19.7. The van der Waals surface area contributed by atoms with E-state index in [0.717, 1.165) is 29.9 Å². The van der Waals surface area contributed by atoms with Gasteiger partial charge in [-0.2, -0.15) is 0 Å². The van der Waals surface area contributed by atoms with Crippen LogP contribution in [0.3, 0.4) is 0 Å². The maximum absolute atomic E-state index is 13.2. The van der Waals surface area contributed by atoms with Gasteiger partial charge in [-0.15, -0.1) is 23.5 Å². The fourth-order valence-electron chi connectivity index (χ4n) is 8.64. The van der Waals surface area contributed by atoms with Crippen LogP contribution in [0.15, 0.2) is 9.79 Å². The molecule has 61 heavy (non-hydrogen) atoms. The highest BCUT2D eigenvalue weighted by Gasteiger charge is 2.55. The molecular weight excluding hydrogens is 845 g/mol. The van der Waals surface area contributed by atoms with Crippen molar-refractivity contribution in [2.45, 2.75) is 117 Å². The van der Waals surface area contributed by atoms with Crippen molar-refractivity contribution in [2.75, 3.05) is 24.6 Å². The molecule has 0 radical (unpaired) electrons. The van der Waals surface area contributed by atoms with Gasteiger partial charge in [0.2, 0.25) is 23.6 Å². The Bertz CT molecular complexity index is 1890. The number of aliphatic hydroxyl groups is 1. The fraction of sp³-hybridized carbons (Fsp3) is 0.632. The van der Waals surface area contributed by atoms with E-state index in [2.05, 4.69) is 28.2 Å². The first-order valence-corrected chi connectivity index (χ1v) is 21.7. The standard InChI is InChI=1S/C38H54N6O15S2/c1-38-11-10-17-16(19(38)4-7-24(38)45)2-3-18-29(17)33(61-15-23(35(55)42-13-28(50)51)44-26(47)9-6-21(40)37(58)59)31(53)30(52)32(18)60-14-22(34(54)41-12-27(48)49)43-25(46)8-5-20(39)36(56)57/h16-17,19-24,45,52-53H,2-15,39-40H2,1H3,(H,41,54)(H,42,55)(H,43,46)(H,44,47)(H,48,49)(H,50,51)(H,56,57)(H,58,59)/t16-,17+,19+,20+,21+,22-,23-,24+,38+/m1/s1. The van der Waals surface area contributed by atoms with Crippen molar-refractivity contribution in [1.82, 2.24) is 21.3 Å². The molecule has 4 amide bonds. The lowest BCUT2D eigenvalue weighted by atomic mass is 9.55. The van der Waals surface area contributed by atoms with Crippen LogP contribution in [0.2, 0.25) is 0 Å². The largest absolute Gasteiger partial charge is 0.503 e. The number of aromatic hydroxyl groups is 2. The number of carbonyl (C=O) groups is 8. The van der Waals surface area contributed by atoms with Gasteiger partial charge in [0, 0.05) is 24.3 Å². The molecule has 0 aliphatic heterocycles. The van der Waals surface area contributed by atoms with Crippen molar-refractivity contribution < 1.29 is 74.1 Å². The number of carboxylic acids is 4. The monoisotopic (exact) mass is 898 g/mol. The third kappa shape index (κ3) is 12.2. The number of hydrogen-bond acceptors (Lipinski definition) is 15. The van der Waals surface area contributed by atoms with Crippen molar-refractivity contribution in [3.63, 3.8) is 0 Å². The molecule has 0 unspecified atom stereocenters. The molecular formula is C38H54N6O15S2. The maximum atomic E-state index is 13.2. The molecule has 0 bridgehead atoms. The Kier molecular flexibility index (Phi) is 17.0. The second kappa shape index (κ2) is 21.3. The summed E-state index contributed by atoms with van der Waals surface area (Å²) in [6.07, 6.45) is 1.78. The van der Waals surface area contributed by atoms with Crippen LogP contribution in [0, 0.1) is 17.3 Å². The summed E-state index contributed by atoms with van der Waals surface area (Å²) >= 11 is 1.84. The summed E-state index contributed by atoms with van der Waals surface area (Å²) < 4.78 is 0. The SMILES string of the molecule is C[C@]12CC[C@@H]3c4c(c(SC[C@@H](NC(=O)CC[C@H](N)C(=O)O)C(=O)NCC(=O)O)c(O)c(O)c4SC[C@@H](NC(=O)CC[C@H](N)C(=O)O)C(=O)NCC(=O)O)CC[C@H]3[C@@H]1CC[C@@H]2O. The zero-order chi connectivity index (χ0) is 45.3. The van der Waals surface area contributed by atoms with Gasteiger partial charge in [-0.05, 0) is 85.7 Å². The number of benzene rings is 1. The van der Waals surface area contributed by atoms with Crippen molar-refractivity contribution in [3.05, 3.63) is 11.1 Å². The number of phenols is 2. The van der Waals surface area contributed by atoms with E-state index in [1.165, 1.54) is 0 Å². The van der Waals surface area contributed by atoms with Crippen LogP contribution in [0.4, 0.5) is 0 Å². The van der Waals surface area contributed by atoms with Gasteiger partial charge in [0.1, 0.15) is 37.3 Å². The fourth-order valence-corrected chi connectivity index (χ4v) is 11.1. The van der Waals surface area contributed by atoms with Crippen molar-refractivity contribution in [2.24, 2.45) is 28.7 Å². The van der Waals surface area contributed by atoms with Crippen LogP contribution >= 0.6 is 23.5 Å². The molecule has 23 heteroatoms. The molecule has 0 saturated heterocycles. The molecule has 3 aliphatic carbocycles. The topological polar surface area (TPSA) is 378 Å². The van der Waals surface area contributed by atoms with Crippen molar-refractivity contribution in [3.8, 4) is 11.5 Å². The number of nitrogens with one attached hydrogen (secondary N) is 4. The number of carboxylic acid groups (broad SMARTS) is 4. The molecule has 0 aromatic heterocycles. The lowest BCUT2D eigenvalue weighted by Crippen LogP contribution is -2.49. The molecule has 4 rings (SSSR count).